The van der Waals surface area contributed by atoms with Gasteiger partial charge in [0, 0.05) is 23.2 Å². The molecule has 3 aromatic rings. The SMILES string of the molecule is Cc1[nH]c(-c2ccccc2Oc2ccccc2)c2c1C(=O)CC(CC(C)C)C2. The maximum absolute atomic E-state index is 12.9. The minimum Gasteiger partial charge on any atom is -0.457 e. The van der Waals surface area contributed by atoms with Crippen LogP contribution in [0.3, 0.4) is 0 Å². The van der Waals surface area contributed by atoms with Gasteiger partial charge < -0.3 is 9.72 Å². The van der Waals surface area contributed by atoms with Crippen molar-refractivity contribution in [3.05, 3.63) is 71.4 Å². The zero-order valence-electron chi connectivity index (χ0n) is 16.8. The largest absolute Gasteiger partial charge is 0.457 e. The van der Waals surface area contributed by atoms with Gasteiger partial charge in [-0.1, -0.05) is 44.2 Å². The fraction of sp³-hybridized carbons (Fsp3) is 0.320. The summed E-state index contributed by atoms with van der Waals surface area (Å²) in [5, 5.41) is 0. The Kier molecular flexibility index (Phi) is 5.08. The average molecular weight is 373 g/mol. The van der Waals surface area contributed by atoms with Gasteiger partial charge in [0.05, 0.1) is 5.69 Å². The molecule has 3 nitrogen and oxygen atoms in total. The normalized spacial score (nSPS) is 16.3. The van der Waals surface area contributed by atoms with Crippen molar-refractivity contribution in [2.45, 2.75) is 40.0 Å². The Bertz CT molecular complexity index is 985. The Morgan fingerprint density at radius 2 is 1.75 bits per heavy atom. The van der Waals surface area contributed by atoms with Crippen molar-refractivity contribution in [3.8, 4) is 22.8 Å². The number of aromatic nitrogens is 1. The van der Waals surface area contributed by atoms with E-state index in [1.165, 1.54) is 0 Å². The van der Waals surface area contributed by atoms with E-state index in [2.05, 4.69) is 24.9 Å². The second-order valence-corrected chi connectivity index (χ2v) is 8.22. The highest BCUT2D eigenvalue weighted by Gasteiger charge is 2.31. The summed E-state index contributed by atoms with van der Waals surface area (Å²) in [6.45, 7) is 6.46. The number of ether oxygens (including phenoxy) is 1. The number of para-hydroxylation sites is 2. The summed E-state index contributed by atoms with van der Waals surface area (Å²) in [4.78, 5) is 16.4. The molecule has 1 aliphatic rings. The maximum atomic E-state index is 12.9. The van der Waals surface area contributed by atoms with E-state index in [4.69, 9.17) is 4.74 Å². The van der Waals surface area contributed by atoms with Crippen LogP contribution >= 0.6 is 0 Å². The molecule has 0 saturated heterocycles. The number of rotatable bonds is 5. The monoisotopic (exact) mass is 373 g/mol. The molecule has 3 heteroatoms. The first-order chi connectivity index (χ1) is 13.5. The van der Waals surface area contributed by atoms with Gasteiger partial charge in [-0.2, -0.15) is 0 Å². The number of aromatic amines is 1. The molecule has 2 aromatic carbocycles. The van der Waals surface area contributed by atoms with Crippen molar-refractivity contribution >= 4 is 5.78 Å². The molecule has 0 radical (unpaired) electrons. The van der Waals surface area contributed by atoms with Crippen LogP contribution in [0.25, 0.3) is 11.3 Å². The third-order valence-electron chi connectivity index (χ3n) is 5.47. The van der Waals surface area contributed by atoms with Crippen molar-refractivity contribution in [1.82, 2.24) is 4.98 Å². The number of hydrogen-bond donors (Lipinski definition) is 1. The molecule has 1 unspecified atom stereocenters. The topological polar surface area (TPSA) is 42.1 Å². The van der Waals surface area contributed by atoms with Gasteiger partial charge in [-0.15, -0.1) is 0 Å². The third kappa shape index (κ3) is 3.62. The summed E-state index contributed by atoms with van der Waals surface area (Å²) in [6.07, 6.45) is 2.68. The van der Waals surface area contributed by atoms with E-state index in [0.29, 0.717) is 18.3 Å². The first-order valence-corrected chi connectivity index (χ1v) is 10.1. The average Bonchev–Trinajstić information content (AvgIpc) is 2.99. The smallest absolute Gasteiger partial charge is 0.165 e. The maximum Gasteiger partial charge on any atom is 0.165 e. The molecule has 0 aliphatic heterocycles. The molecule has 28 heavy (non-hydrogen) atoms. The van der Waals surface area contributed by atoms with Gasteiger partial charge in [-0.3, -0.25) is 4.79 Å². The zero-order valence-corrected chi connectivity index (χ0v) is 16.8. The number of carbonyl (C=O) groups excluding carboxylic acids is 1. The first kappa shape index (κ1) is 18.5. The Balaban J connectivity index is 1.76. The second kappa shape index (κ2) is 7.67. The van der Waals surface area contributed by atoms with Crippen molar-refractivity contribution in [2.75, 3.05) is 0 Å². The van der Waals surface area contributed by atoms with Crippen LogP contribution in [0.4, 0.5) is 0 Å². The van der Waals surface area contributed by atoms with Crippen molar-refractivity contribution < 1.29 is 9.53 Å². The van der Waals surface area contributed by atoms with E-state index in [-0.39, 0.29) is 5.78 Å². The lowest BCUT2D eigenvalue weighted by atomic mass is 9.79. The van der Waals surface area contributed by atoms with Gasteiger partial charge in [-0.05, 0) is 61.4 Å². The molecule has 0 fully saturated rings. The number of H-pyrrole nitrogens is 1. The molecule has 0 amide bonds. The molecule has 1 aromatic heterocycles. The van der Waals surface area contributed by atoms with Crippen LogP contribution in [0.2, 0.25) is 0 Å². The van der Waals surface area contributed by atoms with Crippen molar-refractivity contribution in [1.29, 1.82) is 0 Å². The fourth-order valence-electron chi connectivity index (χ4n) is 4.42. The number of nitrogens with one attached hydrogen (secondary N) is 1. The summed E-state index contributed by atoms with van der Waals surface area (Å²) in [6, 6.07) is 17.9. The van der Waals surface area contributed by atoms with Gasteiger partial charge in [0.2, 0.25) is 0 Å². The number of ketones is 1. The molecule has 0 saturated carbocycles. The first-order valence-electron chi connectivity index (χ1n) is 10.1. The van der Waals surface area contributed by atoms with Crippen LogP contribution in [-0.2, 0) is 6.42 Å². The van der Waals surface area contributed by atoms with Crippen LogP contribution in [-0.4, -0.2) is 10.8 Å². The van der Waals surface area contributed by atoms with Crippen molar-refractivity contribution in [2.24, 2.45) is 11.8 Å². The molecular weight excluding hydrogens is 346 g/mol. The zero-order chi connectivity index (χ0) is 19.7. The highest BCUT2D eigenvalue weighted by Crippen LogP contribution is 2.41. The predicted octanol–water partition coefficient (Wildman–Crippen LogP) is 6.57. The Hall–Kier alpha value is -2.81. The van der Waals surface area contributed by atoms with Crippen LogP contribution in [0, 0.1) is 18.8 Å². The van der Waals surface area contributed by atoms with Gasteiger partial charge in [0.15, 0.2) is 5.78 Å². The predicted molar refractivity (Wildman–Crippen MR) is 113 cm³/mol. The number of benzene rings is 2. The van der Waals surface area contributed by atoms with Gasteiger partial charge in [0.1, 0.15) is 11.5 Å². The van der Waals surface area contributed by atoms with Crippen LogP contribution in [0.1, 0.15) is 48.3 Å². The molecule has 144 valence electrons. The number of carbonyl (C=O) groups is 1. The lowest BCUT2D eigenvalue weighted by Gasteiger charge is -2.24. The lowest BCUT2D eigenvalue weighted by Crippen LogP contribution is -2.21. The number of aryl methyl sites for hydroxylation is 1. The van der Waals surface area contributed by atoms with Crippen molar-refractivity contribution in [3.63, 3.8) is 0 Å². The Labute approximate surface area is 166 Å². The summed E-state index contributed by atoms with van der Waals surface area (Å²) in [7, 11) is 0. The number of fused-ring (bicyclic) bond motifs is 1. The molecule has 1 aliphatic carbocycles. The van der Waals surface area contributed by atoms with E-state index in [1.54, 1.807) is 0 Å². The summed E-state index contributed by atoms with van der Waals surface area (Å²) < 4.78 is 6.18. The van der Waals surface area contributed by atoms with E-state index < -0.39 is 0 Å². The minimum atomic E-state index is 0.272. The summed E-state index contributed by atoms with van der Waals surface area (Å²) in [5.41, 5.74) is 5.05. The summed E-state index contributed by atoms with van der Waals surface area (Å²) >= 11 is 0. The third-order valence-corrected chi connectivity index (χ3v) is 5.47. The van der Waals surface area contributed by atoms with Crippen LogP contribution in [0.15, 0.2) is 54.6 Å². The molecule has 1 atom stereocenters. The quantitative estimate of drug-likeness (QED) is 0.549. The molecular formula is C25H27NO2. The van der Waals surface area contributed by atoms with E-state index >= 15 is 0 Å². The van der Waals surface area contributed by atoms with Crippen LogP contribution < -0.4 is 4.74 Å². The number of Topliss-reactive ketones (excluding diaryl/α,β-unsaturated/α-hetero) is 1. The fourth-order valence-corrected chi connectivity index (χ4v) is 4.42. The lowest BCUT2D eigenvalue weighted by molar-refractivity contribution is 0.0942. The molecule has 4 rings (SSSR count). The van der Waals surface area contributed by atoms with Crippen LogP contribution in [0.5, 0.6) is 11.5 Å². The van der Waals surface area contributed by atoms with Gasteiger partial charge >= 0.3 is 0 Å². The van der Waals surface area contributed by atoms with E-state index in [9.17, 15) is 4.79 Å². The minimum absolute atomic E-state index is 0.272. The highest BCUT2D eigenvalue weighted by atomic mass is 16.5. The molecule has 0 bridgehead atoms. The second-order valence-electron chi connectivity index (χ2n) is 8.22. The highest BCUT2D eigenvalue weighted by molar-refractivity contribution is 6.02. The Morgan fingerprint density at radius 3 is 2.50 bits per heavy atom. The number of hydrogen-bond acceptors (Lipinski definition) is 2. The van der Waals surface area contributed by atoms with Gasteiger partial charge in [-0.25, -0.2) is 0 Å². The molecule has 1 heterocycles. The molecule has 0 spiro atoms. The standard InChI is InChI=1S/C25H27NO2/c1-16(2)13-18-14-21-24(22(27)15-18)17(3)26-25(21)20-11-7-8-12-23(20)28-19-9-5-4-6-10-19/h4-12,16,18,26H,13-15H2,1-3H3. The van der Waals surface area contributed by atoms with E-state index in [1.807, 2.05) is 55.5 Å². The summed E-state index contributed by atoms with van der Waals surface area (Å²) in [5.74, 6) is 2.89. The molecule has 1 N–H and O–H groups in total. The Morgan fingerprint density at radius 1 is 1.04 bits per heavy atom. The van der Waals surface area contributed by atoms with E-state index in [0.717, 1.165) is 52.4 Å². The van der Waals surface area contributed by atoms with Gasteiger partial charge in [0.25, 0.3) is 0 Å².